The SMILES string of the molecule is CCC(=O)Nc1cccc(OCC(=O)N(CCN(C)C)C[C@H]2CCCO2)c1. The van der Waals surface area contributed by atoms with Crippen LogP contribution in [0.4, 0.5) is 5.69 Å². The summed E-state index contributed by atoms with van der Waals surface area (Å²) in [7, 11) is 3.97. The van der Waals surface area contributed by atoms with Crippen molar-refractivity contribution in [1.29, 1.82) is 0 Å². The maximum Gasteiger partial charge on any atom is 0.260 e. The van der Waals surface area contributed by atoms with Crippen LogP contribution in [0.5, 0.6) is 5.75 Å². The number of amides is 2. The van der Waals surface area contributed by atoms with E-state index in [2.05, 4.69) is 10.2 Å². The molecule has 1 atom stereocenters. The van der Waals surface area contributed by atoms with Gasteiger partial charge in [-0.1, -0.05) is 13.0 Å². The van der Waals surface area contributed by atoms with E-state index in [1.165, 1.54) is 0 Å². The van der Waals surface area contributed by atoms with Gasteiger partial charge < -0.3 is 24.6 Å². The first-order valence-electron chi connectivity index (χ1n) is 9.54. The number of benzene rings is 1. The lowest BCUT2D eigenvalue weighted by molar-refractivity contribution is -0.135. The summed E-state index contributed by atoms with van der Waals surface area (Å²) >= 11 is 0. The van der Waals surface area contributed by atoms with Gasteiger partial charge in [-0.25, -0.2) is 0 Å². The van der Waals surface area contributed by atoms with Crippen LogP contribution in [-0.2, 0) is 14.3 Å². The predicted octanol–water partition coefficient (Wildman–Crippen LogP) is 1.98. The quantitative estimate of drug-likeness (QED) is 0.675. The van der Waals surface area contributed by atoms with Gasteiger partial charge in [-0.3, -0.25) is 9.59 Å². The molecule has 0 saturated carbocycles. The maximum atomic E-state index is 12.7. The molecule has 1 heterocycles. The molecule has 0 aliphatic carbocycles. The van der Waals surface area contributed by atoms with Crippen molar-refractivity contribution in [3.8, 4) is 5.75 Å². The topological polar surface area (TPSA) is 71.1 Å². The molecule has 1 aromatic rings. The van der Waals surface area contributed by atoms with Gasteiger partial charge in [-0.05, 0) is 39.1 Å². The second-order valence-electron chi connectivity index (χ2n) is 7.00. The van der Waals surface area contributed by atoms with E-state index in [1.807, 2.05) is 19.0 Å². The number of nitrogens with zero attached hydrogens (tertiary/aromatic N) is 2. The number of hydrogen-bond acceptors (Lipinski definition) is 5. The molecule has 0 radical (unpaired) electrons. The summed E-state index contributed by atoms with van der Waals surface area (Å²) in [5.74, 6) is 0.437. The molecule has 7 heteroatoms. The van der Waals surface area contributed by atoms with Crippen molar-refractivity contribution >= 4 is 17.5 Å². The third-order valence-corrected chi connectivity index (χ3v) is 4.42. The van der Waals surface area contributed by atoms with Crippen LogP contribution >= 0.6 is 0 Å². The maximum absolute atomic E-state index is 12.7. The largest absolute Gasteiger partial charge is 0.484 e. The molecular formula is C20H31N3O4. The van der Waals surface area contributed by atoms with Crippen molar-refractivity contribution in [2.75, 3.05) is 52.3 Å². The number of carbonyl (C=O) groups excluding carboxylic acids is 2. The molecule has 0 spiro atoms. The molecule has 2 rings (SSSR count). The van der Waals surface area contributed by atoms with Crippen LogP contribution in [-0.4, -0.2) is 74.7 Å². The standard InChI is InChI=1S/C20H31N3O4/c1-4-19(24)21-16-7-5-8-17(13-16)27-15-20(25)23(11-10-22(2)3)14-18-9-6-12-26-18/h5,7-8,13,18H,4,6,9-12,14-15H2,1-3H3,(H,21,24)/t18-/m1/s1. The summed E-state index contributed by atoms with van der Waals surface area (Å²) in [6.07, 6.45) is 2.57. The van der Waals surface area contributed by atoms with Gasteiger partial charge in [0.15, 0.2) is 6.61 Å². The lowest BCUT2D eigenvalue weighted by atomic mass is 10.2. The molecule has 7 nitrogen and oxygen atoms in total. The first-order valence-corrected chi connectivity index (χ1v) is 9.54. The average Bonchev–Trinajstić information content (AvgIpc) is 3.16. The van der Waals surface area contributed by atoms with Crippen molar-refractivity contribution in [3.63, 3.8) is 0 Å². The highest BCUT2D eigenvalue weighted by Crippen LogP contribution is 2.18. The molecule has 1 fully saturated rings. The van der Waals surface area contributed by atoms with E-state index in [0.29, 0.717) is 30.9 Å². The summed E-state index contributed by atoms with van der Waals surface area (Å²) in [6, 6.07) is 7.09. The molecule has 27 heavy (non-hydrogen) atoms. The van der Waals surface area contributed by atoms with Crippen molar-refractivity contribution in [1.82, 2.24) is 9.80 Å². The van der Waals surface area contributed by atoms with Crippen LogP contribution in [0.2, 0.25) is 0 Å². The lowest BCUT2D eigenvalue weighted by Crippen LogP contribution is -2.43. The molecule has 2 amide bonds. The van der Waals surface area contributed by atoms with Gasteiger partial charge in [0, 0.05) is 44.4 Å². The van der Waals surface area contributed by atoms with Crippen LogP contribution in [0.1, 0.15) is 26.2 Å². The van der Waals surface area contributed by atoms with Gasteiger partial charge in [0.1, 0.15) is 5.75 Å². The van der Waals surface area contributed by atoms with E-state index in [1.54, 1.807) is 31.2 Å². The van der Waals surface area contributed by atoms with Crippen molar-refractivity contribution in [2.45, 2.75) is 32.3 Å². The number of carbonyl (C=O) groups is 2. The number of hydrogen-bond donors (Lipinski definition) is 1. The Kier molecular flexibility index (Phi) is 8.54. The monoisotopic (exact) mass is 377 g/mol. The summed E-state index contributed by atoms with van der Waals surface area (Å²) in [4.78, 5) is 28.1. The minimum absolute atomic E-state index is 0.0364. The molecule has 0 unspecified atom stereocenters. The first-order chi connectivity index (χ1) is 13.0. The van der Waals surface area contributed by atoms with Gasteiger partial charge in [-0.2, -0.15) is 0 Å². The Morgan fingerprint density at radius 1 is 1.30 bits per heavy atom. The minimum atomic E-state index is -0.0605. The molecule has 1 saturated heterocycles. The van der Waals surface area contributed by atoms with E-state index < -0.39 is 0 Å². The summed E-state index contributed by atoms with van der Waals surface area (Å²) in [5, 5.41) is 2.79. The van der Waals surface area contributed by atoms with E-state index in [9.17, 15) is 9.59 Å². The second-order valence-corrected chi connectivity index (χ2v) is 7.00. The van der Waals surface area contributed by atoms with E-state index >= 15 is 0 Å². The highest BCUT2D eigenvalue weighted by molar-refractivity contribution is 5.90. The highest BCUT2D eigenvalue weighted by Gasteiger charge is 2.23. The molecule has 1 aromatic carbocycles. The Morgan fingerprint density at radius 3 is 2.78 bits per heavy atom. The number of likely N-dealkylation sites (N-methyl/N-ethyl adjacent to an activating group) is 1. The van der Waals surface area contributed by atoms with Crippen molar-refractivity contribution in [2.24, 2.45) is 0 Å². The third kappa shape index (κ3) is 7.56. The summed E-state index contributed by atoms with van der Waals surface area (Å²) < 4.78 is 11.4. The van der Waals surface area contributed by atoms with Crippen LogP contribution in [0.15, 0.2) is 24.3 Å². The number of ether oxygens (including phenoxy) is 2. The lowest BCUT2D eigenvalue weighted by Gasteiger charge is -2.27. The van der Waals surface area contributed by atoms with Crippen molar-refractivity contribution in [3.05, 3.63) is 24.3 Å². The number of nitrogens with one attached hydrogen (secondary N) is 1. The molecule has 0 aromatic heterocycles. The van der Waals surface area contributed by atoms with Gasteiger partial charge in [0.05, 0.1) is 6.10 Å². The van der Waals surface area contributed by atoms with Crippen LogP contribution in [0.25, 0.3) is 0 Å². The van der Waals surface area contributed by atoms with Crippen molar-refractivity contribution < 1.29 is 19.1 Å². The Bertz CT molecular complexity index is 615. The molecule has 150 valence electrons. The predicted molar refractivity (Wildman–Crippen MR) is 105 cm³/mol. The van der Waals surface area contributed by atoms with E-state index in [4.69, 9.17) is 9.47 Å². The average molecular weight is 377 g/mol. The fraction of sp³-hybridized carbons (Fsp3) is 0.600. The normalized spacial score (nSPS) is 16.4. The zero-order valence-corrected chi connectivity index (χ0v) is 16.6. The second kappa shape index (κ2) is 10.9. The zero-order valence-electron chi connectivity index (χ0n) is 16.6. The Balaban J connectivity index is 1.91. The molecule has 1 aliphatic heterocycles. The molecule has 0 bridgehead atoms. The third-order valence-electron chi connectivity index (χ3n) is 4.42. The van der Waals surface area contributed by atoms with E-state index in [0.717, 1.165) is 26.0 Å². The molecular weight excluding hydrogens is 346 g/mol. The van der Waals surface area contributed by atoms with Gasteiger partial charge in [0.2, 0.25) is 5.91 Å². The van der Waals surface area contributed by atoms with Gasteiger partial charge in [0.25, 0.3) is 5.91 Å². The van der Waals surface area contributed by atoms with Crippen LogP contribution < -0.4 is 10.1 Å². The van der Waals surface area contributed by atoms with Gasteiger partial charge in [-0.15, -0.1) is 0 Å². The summed E-state index contributed by atoms with van der Waals surface area (Å²) in [6.45, 7) is 4.56. The zero-order chi connectivity index (χ0) is 19.6. The Hall–Kier alpha value is -2.12. The van der Waals surface area contributed by atoms with Gasteiger partial charge >= 0.3 is 0 Å². The molecule has 1 aliphatic rings. The van der Waals surface area contributed by atoms with Crippen LogP contribution in [0.3, 0.4) is 0 Å². The Morgan fingerprint density at radius 2 is 2.11 bits per heavy atom. The molecule has 1 N–H and O–H groups in total. The number of anilines is 1. The number of rotatable bonds is 10. The van der Waals surface area contributed by atoms with Crippen LogP contribution in [0, 0.1) is 0 Å². The Labute approximate surface area is 161 Å². The summed E-state index contributed by atoms with van der Waals surface area (Å²) in [5.41, 5.74) is 0.663. The fourth-order valence-electron chi connectivity index (χ4n) is 2.82. The smallest absolute Gasteiger partial charge is 0.260 e. The highest BCUT2D eigenvalue weighted by atomic mass is 16.5. The first kappa shape index (κ1) is 21.2. The fourth-order valence-corrected chi connectivity index (χ4v) is 2.82. The van der Waals surface area contributed by atoms with E-state index in [-0.39, 0.29) is 24.5 Å². The minimum Gasteiger partial charge on any atom is -0.484 e.